The minimum absolute atomic E-state index is 0.0193. The smallest absolute Gasteiger partial charge is 0.314 e. The highest BCUT2D eigenvalue weighted by Gasteiger charge is 2.20. The van der Waals surface area contributed by atoms with Gasteiger partial charge in [-0.25, -0.2) is 4.98 Å². The molecule has 0 spiro atoms. The summed E-state index contributed by atoms with van der Waals surface area (Å²) in [5.74, 6) is -0.0149. The molecular weight excluding hydrogens is 282 g/mol. The molecule has 0 aliphatic rings. The Bertz CT molecular complexity index is 725. The quantitative estimate of drug-likeness (QED) is 0.636. The van der Waals surface area contributed by atoms with E-state index in [-0.39, 0.29) is 27.9 Å². The van der Waals surface area contributed by atoms with Crippen molar-refractivity contribution in [3.63, 3.8) is 0 Å². The van der Waals surface area contributed by atoms with Crippen molar-refractivity contribution >= 4 is 17.3 Å². The van der Waals surface area contributed by atoms with E-state index >= 15 is 0 Å². The third kappa shape index (κ3) is 2.53. The zero-order valence-electron chi connectivity index (χ0n) is 10.3. The summed E-state index contributed by atoms with van der Waals surface area (Å²) in [6.07, 6.45) is 1.35. The standard InChI is InChI=1S/C13H8ClN3O3/c1-8-3-2-4-10(12(8)17(18)19)20-13-11(14)9(7-15)5-6-16-13/h2-6H,1H3. The summed E-state index contributed by atoms with van der Waals surface area (Å²) in [4.78, 5) is 14.4. The first-order valence-corrected chi connectivity index (χ1v) is 5.89. The van der Waals surface area contributed by atoms with Crippen molar-refractivity contribution in [1.82, 2.24) is 4.98 Å². The number of halogens is 1. The van der Waals surface area contributed by atoms with Crippen LogP contribution in [0.15, 0.2) is 30.5 Å². The van der Waals surface area contributed by atoms with Gasteiger partial charge in [-0.15, -0.1) is 0 Å². The zero-order chi connectivity index (χ0) is 14.7. The van der Waals surface area contributed by atoms with Crippen molar-refractivity contribution in [2.75, 3.05) is 0 Å². The van der Waals surface area contributed by atoms with Crippen LogP contribution in [-0.2, 0) is 0 Å². The third-order valence-corrected chi connectivity index (χ3v) is 2.93. The van der Waals surface area contributed by atoms with Gasteiger partial charge in [-0.05, 0) is 19.1 Å². The zero-order valence-corrected chi connectivity index (χ0v) is 11.1. The molecule has 1 heterocycles. The van der Waals surface area contributed by atoms with Crippen LogP contribution in [0, 0.1) is 28.4 Å². The van der Waals surface area contributed by atoms with E-state index in [1.54, 1.807) is 19.1 Å². The number of aryl methyl sites for hydroxylation is 1. The van der Waals surface area contributed by atoms with Gasteiger partial charge in [0, 0.05) is 11.8 Å². The second-order valence-electron chi connectivity index (χ2n) is 3.87. The van der Waals surface area contributed by atoms with E-state index in [1.807, 2.05) is 6.07 Å². The summed E-state index contributed by atoms with van der Waals surface area (Å²) in [6.45, 7) is 1.60. The molecule has 0 aliphatic carbocycles. The van der Waals surface area contributed by atoms with Crippen LogP contribution in [0.3, 0.4) is 0 Å². The Labute approximate surface area is 119 Å². The Hall–Kier alpha value is -2.65. The molecule has 0 amide bonds. The molecule has 20 heavy (non-hydrogen) atoms. The lowest BCUT2D eigenvalue weighted by Gasteiger charge is -2.08. The lowest BCUT2D eigenvalue weighted by Crippen LogP contribution is -1.97. The summed E-state index contributed by atoms with van der Waals surface area (Å²) in [7, 11) is 0. The monoisotopic (exact) mass is 289 g/mol. The molecule has 0 atom stereocenters. The fraction of sp³-hybridized carbons (Fsp3) is 0.0769. The molecule has 100 valence electrons. The minimum atomic E-state index is -0.535. The summed E-state index contributed by atoms with van der Waals surface area (Å²) in [5.41, 5.74) is 0.486. The maximum absolute atomic E-state index is 11.1. The van der Waals surface area contributed by atoms with E-state index in [0.717, 1.165) is 0 Å². The molecule has 1 aromatic heterocycles. The highest BCUT2D eigenvalue weighted by Crippen LogP contribution is 2.36. The predicted molar refractivity (Wildman–Crippen MR) is 71.9 cm³/mol. The Kier molecular flexibility index (Phi) is 3.82. The number of pyridine rings is 1. The van der Waals surface area contributed by atoms with Crippen molar-refractivity contribution in [2.45, 2.75) is 6.92 Å². The predicted octanol–water partition coefficient (Wildman–Crippen LogP) is 3.62. The van der Waals surface area contributed by atoms with Crippen molar-refractivity contribution in [2.24, 2.45) is 0 Å². The van der Waals surface area contributed by atoms with Gasteiger partial charge in [0.05, 0.1) is 10.5 Å². The van der Waals surface area contributed by atoms with Crippen molar-refractivity contribution in [3.05, 3.63) is 56.7 Å². The Morgan fingerprint density at radius 3 is 2.85 bits per heavy atom. The lowest BCUT2D eigenvalue weighted by molar-refractivity contribution is -0.386. The topological polar surface area (TPSA) is 89.0 Å². The van der Waals surface area contributed by atoms with Crippen LogP contribution in [0.25, 0.3) is 0 Å². The van der Waals surface area contributed by atoms with E-state index in [1.165, 1.54) is 18.3 Å². The number of nitro benzene ring substituents is 1. The van der Waals surface area contributed by atoms with Gasteiger partial charge in [-0.2, -0.15) is 5.26 Å². The number of ether oxygens (including phenoxy) is 1. The van der Waals surface area contributed by atoms with Crippen molar-refractivity contribution in [1.29, 1.82) is 5.26 Å². The number of aromatic nitrogens is 1. The molecule has 0 fully saturated rings. The number of nitrogens with zero attached hydrogens (tertiary/aromatic N) is 3. The van der Waals surface area contributed by atoms with E-state index in [2.05, 4.69) is 4.98 Å². The maximum atomic E-state index is 11.1. The first-order chi connectivity index (χ1) is 9.54. The van der Waals surface area contributed by atoms with Crippen LogP contribution >= 0.6 is 11.6 Å². The molecule has 1 aromatic carbocycles. The number of rotatable bonds is 3. The Morgan fingerprint density at radius 2 is 2.20 bits per heavy atom. The highest BCUT2D eigenvalue weighted by atomic mass is 35.5. The molecule has 0 aliphatic heterocycles. The fourth-order valence-electron chi connectivity index (χ4n) is 1.63. The molecule has 0 saturated carbocycles. The van der Waals surface area contributed by atoms with Crippen molar-refractivity contribution in [3.8, 4) is 17.7 Å². The SMILES string of the molecule is Cc1cccc(Oc2nccc(C#N)c2Cl)c1[N+](=O)[O-]. The van der Waals surface area contributed by atoms with Gasteiger partial charge in [0.15, 0.2) is 0 Å². The summed E-state index contributed by atoms with van der Waals surface area (Å²) in [6, 6.07) is 7.99. The van der Waals surface area contributed by atoms with Gasteiger partial charge >= 0.3 is 5.69 Å². The van der Waals surface area contributed by atoms with Crippen LogP contribution in [-0.4, -0.2) is 9.91 Å². The van der Waals surface area contributed by atoms with Crippen LogP contribution in [0.1, 0.15) is 11.1 Å². The molecule has 0 saturated heterocycles. The number of hydrogen-bond donors (Lipinski definition) is 0. The third-order valence-electron chi connectivity index (χ3n) is 2.57. The minimum Gasteiger partial charge on any atom is -0.430 e. The molecule has 0 radical (unpaired) electrons. The average molecular weight is 290 g/mol. The molecule has 7 heteroatoms. The number of nitro groups is 1. The van der Waals surface area contributed by atoms with Gasteiger partial charge < -0.3 is 4.74 Å². The highest BCUT2D eigenvalue weighted by molar-refractivity contribution is 6.33. The summed E-state index contributed by atoms with van der Waals surface area (Å²) in [5, 5.41) is 19.9. The first-order valence-electron chi connectivity index (χ1n) is 5.51. The van der Waals surface area contributed by atoms with Gasteiger partial charge in [-0.3, -0.25) is 10.1 Å². The summed E-state index contributed by atoms with van der Waals surface area (Å²) < 4.78 is 5.39. The summed E-state index contributed by atoms with van der Waals surface area (Å²) >= 11 is 5.95. The Morgan fingerprint density at radius 1 is 1.45 bits per heavy atom. The fourth-order valence-corrected chi connectivity index (χ4v) is 1.83. The van der Waals surface area contributed by atoms with E-state index < -0.39 is 4.92 Å². The number of para-hydroxylation sites is 1. The van der Waals surface area contributed by atoms with E-state index in [4.69, 9.17) is 21.6 Å². The molecule has 0 N–H and O–H groups in total. The normalized spacial score (nSPS) is 9.85. The Balaban J connectivity index is 2.49. The molecule has 2 aromatic rings. The van der Waals surface area contributed by atoms with Gasteiger partial charge in [-0.1, -0.05) is 23.7 Å². The van der Waals surface area contributed by atoms with E-state index in [0.29, 0.717) is 5.56 Å². The molecule has 0 bridgehead atoms. The van der Waals surface area contributed by atoms with Gasteiger partial charge in [0.2, 0.25) is 11.6 Å². The largest absolute Gasteiger partial charge is 0.430 e. The molecule has 2 rings (SSSR count). The molecule has 0 unspecified atom stereocenters. The first kappa shape index (κ1) is 13.8. The number of benzene rings is 1. The van der Waals surface area contributed by atoms with Gasteiger partial charge in [0.25, 0.3) is 0 Å². The number of nitriles is 1. The second-order valence-corrected chi connectivity index (χ2v) is 4.25. The van der Waals surface area contributed by atoms with Crippen LogP contribution in [0.2, 0.25) is 5.02 Å². The van der Waals surface area contributed by atoms with Crippen molar-refractivity contribution < 1.29 is 9.66 Å². The van der Waals surface area contributed by atoms with Crippen LogP contribution in [0.4, 0.5) is 5.69 Å². The number of hydrogen-bond acceptors (Lipinski definition) is 5. The molecule has 6 nitrogen and oxygen atoms in total. The molecular formula is C13H8ClN3O3. The van der Waals surface area contributed by atoms with Crippen LogP contribution < -0.4 is 4.74 Å². The average Bonchev–Trinajstić information content (AvgIpc) is 2.41. The van der Waals surface area contributed by atoms with Gasteiger partial charge in [0.1, 0.15) is 11.1 Å². The van der Waals surface area contributed by atoms with Crippen LogP contribution in [0.5, 0.6) is 11.6 Å². The maximum Gasteiger partial charge on any atom is 0.314 e. The van der Waals surface area contributed by atoms with E-state index in [9.17, 15) is 10.1 Å². The second kappa shape index (κ2) is 5.55. The lowest BCUT2D eigenvalue weighted by atomic mass is 10.2.